The first-order chi connectivity index (χ1) is 9.61. The molecule has 0 bridgehead atoms. The molecule has 0 fully saturated rings. The van der Waals surface area contributed by atoms with Gasteiger partial charge in [0.2, 0.25) is 0 Å². The monoisotopic (exact) mass is 277 g/mol. The van der Waals surface area contributed by atoms with Crippen LogP contribution in [-0.2, 0) is 13.1 Å². The van der Waals surface area contributed by atoms with Crippen LogP contribution in [0.4, 0.5) is 11.4 Å². The number of nitro groups is 1. The van der Waals surface area contributed by atoms with E-state index < -0.39 is 4.92 Å². The molecule has 0 spiro atoms. The van der Waals surface area contributed by atoms with Crippen LogP contribution in [0.15, 0.2) is 24.4 Å². The van der Waals surface area contributed by atoms with Crippen molar-refractivity contribution in [2.45, 2.75) is 20.0 Å². The first-order valence-electron chi connectivity index (χ1n) is 6.09. The van der Waals surface area contributed by atoms with Crippen molar-refractivity contribution in [2.75, 3.05) is 11.9 Å². The molecule has 0 amide bonds. The number of aromatic nitrogens is 3. The van der Waals surface area contributed by atoms with Crippen molar-refractivity contribution in [1.82, 2.24) is 15.0 Å². The van der Waals surface area contributed by atoms with E-state index in [1.165, 1.54) is 10.7 Å². The molecular formula is C12H15N5O3. The minimum Gasteiger partial charge on any atom is -0.394 e. The van der Waals surface area contributed by atoms with Crippen LogP contribution in [0.2, 0.25) is 0 Å². The minimum atomic E-state index is -0.405. The van der Waals surface area contributed by atoms with Crippen molar-refractivity contribution in [3.63, 3.8) is 0 Å². The molecule has 2 rings (SSSR count). The van der Waals surface area contributed by atoms with E-state index in [1.54, 1.807) is 25.3 Å². The van der Waals surface area contributed by atoms with Gasteiger partial charge < -0.3 is 10.4 Å². The van der Waals surface area contributed by atoms with Gasteiger partial charge >= 0.3 is 0 Å². The second kappa shape index (κ2) is 6.11. The molecule has 0 atom stereocenters. The molecule has 1 aromatic carbocycles. The standard InChI is InChI=1S/C12H15N5O3/c1-9-11(3-2-4-12(9)17(19)20)13-7-10-8-16(5-6-18)15-14-10/h2-4,8,13,18H,5-7H2,1H3. The van der Waals surface area contributed by atoms with Crippen LogP contribution in [0.25, 0.3) is 0 Å². The Morgan fingerprint density at radius 1 is 1.50 bits per heavy atom. The number of aliphatic hydroxyl groups excluding tert-OH is 1. The lowest BCUT2D eigenvalue weighted by Gasteiger charge is -2.07. The molecule has 0 saturated carbocycles. The second-order valence-electron chi connectivity index (χ2n) is 4.26. The summed E-state index contributed by atoms with van der Waals surface area (Å²) in [6.07, 6.45) is 1.72. The Balaban J connectivity index is 2.06. The van der Waals surface area contributed by atoms with Crippen LogP contribution in [0.3, 0.4) is 0 Å². The van der Waals surface area contributed by atoms with E-state index in [0.29, 0.717) is 30.0 Å². The fraction of sp³-hybridized carbons (Fsp3) is 0.333. The summed E-state index contributed by atoms with van der Waals surface area (Å²) in [5.41, 5.74) is 2.06. The number of rotatable bonds is 6. The van der Waals surface area contributed by atoms with E-state index in [2.05, 4.69) is 15.6 Å². The lowest BCUT2D eigenvalue weighted by atomic mass is 10.1. The van der Waals surface area contributed by atoms with Crippen LogP contribution in [-0.4, -0.2) is 31.6 Å². The molecule has 0 saturated heterocycles. The molecular weight excluding hydrogens is 262 g/mol. The molecule has 0 aliphatic rings. The fourth-order valence-corrected chi connectivity index (χ4v) is 1.83. The van der Waals surface area contributed by atoms with Gasteiger partial charge in [-0.1, -0.05) is 11.3 Å². The van der Waals surface area contributed by atoms with Gasteiger partial charge in [0.15, 0.2) is 0 Å². The van der Waals surface area contributed by atoms with Gasteiger partial charge in [-0.15, -0.1) is 5.10 Å². The van der Waals surface area contributed by atoms with E-state index in [9.17, 15) is 10.1 Å². The number of hydrogen-bond acceptors (Lipinski definition) is 6. The van der Waals surface area contributed by atoms with Gasteiger partial charge in [0.25, 0.3) is 5.69 Å². The zero-order valence-corrected chi connectivity index (χ0v) is 11.0. The van der Waals surface area contributed by atoms with Crippen LogP contribution in [0, 0.1) is 17.0 Å². The summed E-state index contributed by atoms with van der Waals surface area (Å²) < 4.78 is 1.54. The third kappa shape index (κ3) is 3.09. The summed E-state index contributed by atoms with van der Waals surface area (Å²) in [4.78, 5) is 10.4. The second-order valence-corrected chi connectivity index (χ2v) is 4.26. The lowest BCUT2D eigenvalue weighted by Crippen LogP contribution is -2.03. The highest BCUT2D eigenvalue weighted by Gasteiger charge is 2.13. The van der Waals surface area contributed by atoms with Gasteiger partial charge in [0, 0.05) is 17.3 Å². The SMILES string of the molecule is Cc1c(NCc2cn(CCO)nn2)cccc1[N+](=O)[O-]. The average molecular weight is 277 g/mol. The van der Waals surface area contributed by atoms with Gasteiger partial charge in [-0.05, 0) is 13.0 Å². The summed E-state index contributed by atoms with van der Waals surface area (Å²) >= 11 is 0. The molecule has 20 heavy (non-hydrogen) atoms. The Kier molecular flexibility index (Phi) is 4.26. The minimum absolute atomic E-state index is 0.000215. The van der Waals surface area contributed by atoms with Crippen molar-refractivity contribution in [1.29, 1.82) is 0 Å². The van der Waals surface area contributed by atoms with Gasteiger partial charge in [-0.2, -0.15) is 0 Å². The number of nitro benzene ring substituents is 1. The van der Waals surface area contributed by atoms with Crippen LogP contribution >= 0.6 is 0 Å². The third-order valence-electron chi connectivity index (χ3n) is 2.88. The van der Waals surface area contributed by atoms with Crippen molar-refractivity contribution >= 4 is 11.4 Å². The summed E-state index contributed by atoms with van der Waals surface area (Å²) in [5, 5.41) is 30.5. The maximum absolute atomic E-state index is 10.9. The van der Waals surface area contributed by atoms with E-state index in [4.69, 9.17) is 5.11 Å². The Morgan fingerprint density at radius 3 is 3.00 bits per heavy atom. The number of nitrogens with one attached hydrogen (secondary N) is 1. The highest BCUT2D eigenvalue weighted by atomic mass is 16.6. The van der Waals surface area contributed by atoms with Crippen LogP contribution < -0.4 is 5.32 Å². The molecule has 0 aliphatic carbocycles. The molecule has 8 heteroatoms. The van der Waals surface area contributed by atoms with Crippen molar-refractivity contribution in [2.24, 2.45) is 0 Å². The molecule has 2 N–H and O–H groups in total. The fourth-order valence-electron chi connectivity index (χ4n) is 1.83. The van der Waals surface area contributed by atoms with Crippen LogP contribution in [0.1, 0.15) is 11.3 Å². The van der Waals surface area contributed by atoms with Gasteiger partial charge in [-0.25, -0.2) is 4.68 Å². The predicted octanol–water partition coefficient (Wildman–Crippen LogP) is 1.10. The molecule has 0 unspecified atom stereocenters. The largest absolute Gasteiger partial charge is 0.394 e. The van der Waals surface area contributed by atoms with Gasteiger partial charge in [0.1, 0.15) is 5.69 Å². The zero-order chi connectivity index (χ0) is 14.5. The molecule has 1 aromatic heterocycles. The molecule has 2 aromatic rings. The van der Waals surface area contributed by atoms with Crippen molar-refractivity contribution in [3.05, 3.63) is 45.8 Å². The highest BCUT2D eigenvalue weighted by molar-refractivity contribution is 5.59. The zero-order valence-electron chi connectivity index (χ0n) is 11.0. The van der Waals surface area contributed by atoms with E-state index in [0.717, 1.165) is 0 Å². The third-order valence-corrected chi connectivity index (χ3v) is 2.88. The quantitative estimate of drug-likeness (QED) is 0.605. The molecule has 106 valence electrons. The van der Waals surface area contributed by atoms with E-state index in [1.807, 2.05) is 0 Å². The lowest BCUT2D eigenvalue weighted by molar-refractivity contribution is -0.385. The van der Waals surface area contributed by atoms with E-state index in [-0.39, 0.29) is 12.3 Å². The highest BCUT2D eigenvalue weighted by Crippen LogP contribution is 2.25. The van der Waals surface area contributed by atoms with Gasteiger partial charge in [0.05, 0.1) is 30.8 Å². The first-order valence-corrected chi connectivity index (χ1v) is 6.09. The number of nitrogens with zero attached hydrogens (tertiary/aromatic N) is 4. The Bertz CT molecular complexity index is 611. The maximum Gasteiger partial charge on any atom is 0.274 e. The predicted molar refractivity (Wildman–Crippen MR) is 72.3 cm³/mol. The maximum atomic E-state index is 10.9. The smallest absolute Gasteiger partial charge is 0.274 e. The van der Waals surface area contributed by atoms with Gasteiger partial charge in [-0.3, -0.25) is 10.1 Å². The normalized spacial score (nSPS) is 10.5. The van der Waals surface area contributed by atoms with Crippen LogP contribution in [0.5, 0.6) is 0 Å². The first kappa shape index (κ1) is 13.9. The summed E-state index contributed by atoms with van der Waals surface area (Å²) in [6.45, 7) is 2.50. The van der Waals surface area contributed by atoms with Crippen molar-refractivity contribution < 1.29 is 10.0 Å². The van der Waals surface area contributed by atoms with E-state index >= 15 is 0 Å². The molecule has 1 heterocycles. The Morgan fingerprint density at radius 2 is 2.30 bits per heavy atom. The average Bonchev–Trinajstić information content (AvgIpc) is 2.85. The molecule has 0 radical (unpaired) electrons. The summed E-state index contributed by atoms with van der Waals surface area (Å²) in [7, 11) is 0. The molecule has 0 aliphatic heterocycles. The number of aliphatic hydroxyl groups is 1. The Labute approximate surface area is 115 Å². The summed E-state index contributed by atoms with van der Waals surface area (Å²) in [5.74, 6) is 0. The summed E-state index contributed by atoms with van der Waals surface area (Å²) in [6, 6.07) is 4.88. The number of anilines is 1. The van der Waals surface area contributed by atoms with Crippen molar-refractivity contribution in [3.8, 4) is 0 Å². The molecule has 8 nitrogen and oxygen atoms in total. The topological polar surface area (TPSA) is 106 Å². The number of benzene rings is 1. The number of hydrogen-bond donors (Lipinski definition) is 2. The Hall–Kier alpha value is -2.48.